The zero-order valence-electron chi connectivity index (χ0n) is 9.27. The second kappa shape index (κ2) is 7.19. The molecule has 6 nitrogen and oxygen atoms in total. The molecule has 1 atom stereocenters. The normalized spacial score (nSPS) is 12.8. The van der Waals surface area contributed by atoms with Crippen molar-refractivity contribution in [3.05, 3.63) is 0 Å². The van der Waals surface area contributed by atoms with Gasteiger partial charge < -0.3 is 11.1 Å². The largest absolute Gasteiger partial charge is 0.354 e. The highest BCUT2D eigenvalue weighted by Crippen LogP contribution is 2.00. The molecule has 0 aliphatic carbocycles. The Morgan fingerprint density at radius 1 is 1.56 bits per heavy atom. The van der Waals surface area contributed by atoms with Crippen LogP contribution >= 0.6 is 0 Å². The zero-order chi connectivity index (χ0) is 12.6. The van der Waals surface area contributed by atoms with E-state index in [9.17, 15) is 13.2 Å². The number of sulfone groups is 1. The van der Waals surface area contributed by atoms with Gasteiger partial charge in [-0.05, 0) is 12.5 Å². The lowest BCUT2D eigenvalue weighted by molar-refractivity contribution is -0.118. The lowest BCUT2D eigenvalue weighted by atomic mass is 10.2. The lowest BCUT2D eigenvalue weighted by Gasteiger charge is -2.09. The van der Waals surface area contributed by atoms with E-state index in [4.69, 9.17) is 11.0 Å². The number of nitrogens with two attached hydrogens (primary N) is 1. The molecule has 3 N–H and O–H groups in total. The second-order valence-electron chi connectivity index (χ2n) is 3.65. The number of carbonyl (C=O) groups excluding carboxylic acids is 1. The Morgan fingerprint density at radius 3 is 2.69 bits per heavy atom. The van der Waals surface area contributed by atoms with E-state index < -0.39 is 21.5 Å². The Labute approximate surface area is 95.7 Å². The summed E-state index contributed by atoms with van der Waals surface area (Å²) in [6.45, 7) is 2.16. The molecule has 1 unspecified atom stereocenters. The summed E-state index contributed by atoms with van der Waals surface area (Å²) in [6, 6.07) is 1.85. The predicted octanol–water partition coefficient (Wildman–Crippen LogP) is -0.974. The first-order valence-electron chi connectivity index (χ1n) is 4.95. The molecule has 0 radical (unpaired) electrons. The first-order chi connectivity index (χ1) is 7.41. The predicted molar refractivity (Wildman–Crippen MR) is 60.1 cm³/mol. The molecular formula is C9H17N3O3S. The standard InChI is InChI=1S/C9H17N3O3S/c1-8(5-11)6-16(14,15)7-9(13)12-4-2-3-10/h8H,2,4-7,11H2,1H3,(H,12,13). The van der Waals surface area contributed by atoms with Crippen molar-refractivity contribution in [3.63, 3.8) is 0 Å². The summed E-state index contributed by atoms with van der Waals surface area (Å²) in [4.78, 5) is 11.2. The van der Waals surface area contributed by atoms with Gasteiger partial charge in [0.2, 0.25) is 5.91 Å². The maximum atomic E-state index is 11.5. The molecule has 0 heterocycles. The number of hydrogen-bond acceptors (Lipinski definition) is 5. The summed E-state index contributed by atoms with van der Waals surface area (Å²) < 4.78 is 22.9. The minimum atomic E-state index is -3.40. The van der Waals surface area contributed by atoms with Gasteiger partial charge in [0.05, 0.1) is 18.2 Å². The molecule has 0 bridgehead atoms. The molecule has 92 valence electrons. The van der Waals surface area contributed by atoms with Gasteiger partial charge in [-0.25, -0.2) is 8.42 Å². The average Bonchev–Trinajstić information content (AvgIpc) is 2.16. The van der Waals surface area contributed by atoms with Gasteiger partial charge in [-0.2, -0.15) is 5.26 Å². The summed E-state index contributed by atoms with van der Waals surface area (Å²) >= 11 is 0. The first kappa shape index (κ1) is 14.9. The Bertz CT molecular complexity index is 359. The third kappa shape index (κ3) is 7.20. The van der Waals surface area contributed by atoms with Crippen LogP contribution in [0.4, 0.5) is 0 Å². The second-order valence-corrected chi connectivity index (χ2v) is 5.76. The van der Waals surface area contributed by atoms with Gasteiger partial charge in [-0.15, -0.1) is 0 Å². The third-order valence-corrected chi connectivity index (χ3v) is 3.63. The number of hydrogen-bond donors (Lipinski definition) is 2. The molecule has 0 rings (SSSR count). The summed E-state index contributed by atoms with van der Waals surface area (Å²) in [6.07, 6.45) is 0.172. The van der Waals surface area contributed by atoms with Crippen molar-refractivity contribution < 1.29 is 13.2 Å². The van der Waals surface area contributed by atoms with Gasteiger partial charge in [0.25, 0.3) is 0 Å². The van der Waals surface area contributed by atoms with Crippen molar-refractivity contribution in [2.75, 3.05) is 24.6 Å². The van der Waals surface area contributed by atoms with E-state index in [1.807, 2.05) is 6.07 Å². The van der Waals surface area contributed by atoms with Crippen molar-refractivity contribution in [1.82, 2.24) is 5.32 Å². The highest BCUT2D eigenvalue weighted by atomic mass is 32.2. The topological polar surface area (TPSA) is 113 Å². The van der Waals surface area contributed by atoms with Gasteiger partial charge in [-0.3, -0.25) is 4.79 Å². The maximum Gasteiger partial charge on any atom is 0.235 e. The Hall–Kier alpha value is -1.13. The minimum absolute atomic E-state index is 0.0881. The van der Waals surface area contributed by atoms with Crippen molar-refractivity contribution in [2.24, 2.45) is 11.7 Å². The smallest absolute Gasteiger partial charge is 0.235 e. The van der Waals surface area contributed by atoms with Crippen LogP contribution in [0.5, 0.6) is 0 Å². The molecule has 0 aromatic rings. The molecule has 0 aromatic heterocycles. The van der Waals surface area contributed by atoms with Gasteiger partial charge in [0.15, 0.2) is 9.84 Å². The molecule has 16 heavy (non-hydrogen) atoms. The van der Waals surface area contributed by atoms with Crippen LogP contribution in [-0.2, 0) is 14.6 Å². The van der Waals surface area contributed by atoms with Crippen LogP contribution in [-0.4, -0.2) is 38.9 Å². The van der Waals surface area contributed by atoms with Gasteiger partial charge in [-0.1, -0.05) is 6.92 Å². The molecule has 0 spiro atoms. The van der Waals surface area contributed by atoms with Crippen molar-refractivity contribution in [2.45, 2.75) is 13.3 Å². The van der Waals surface area contributed by atoms with Gasteiger partial charge >= 0.3 is 0 Å². The maximum absolute atomic E-state index is 11.5. The van der Waals surface area contributed by atoms with Crippen molar-refractivity contribution in [3.8, 4) is 6.07 Å². The minimum Gasteiger partial charge on any atom is -0.354 e. The fourth-order valence-electron chi connectivity index (χ4n) is 1.07. The molecular weight excluding hydrogens is 230 g/mol. The van der Waals surface area contributed by atoms with Crippen molar-refractivity contribution in [1.29, 1.82) is 5.26 Å². The van der Waals surface area contributed by atoms with Crippen molar-refractivity contribution >= 4 is 15.7 Å². The van der Waals surface area contributed by atoms with Gasteiger partial charge in [0, 0.05) is 6.54 Å². The van der Waals surface area contributed by atoms with E-state index in [0.717, 1.165) is 0 Å². The molecule has 0 aliphatic heterocycles. The molecule has 7 heteroatoms. The number of nitrogens with zero attached hydrogens (tertiary/aromatic N) is 1. The highest BCUT2D eigenvalue weighted by Gasteiger charge is 2.18. The Kier molecular flexibility index (Phi) is 6.69. The fraction of sp³-hybridized carbons (Fsp3) is 0.778. The average molecular weight is 247 g/mol. The fourth-order valence-corrected chi connectivity index (χ4v) is 2.69. The van der Waals surface area contributed by atoms with Crippen LogP contribution in [0.2, 0.25) is 0 Å². The first-order valence-corrected chi connectivity index (χ1v) is 6.77. The van der Waals surface area contributed by atoms with E-state index in [2.05, 4.69) is 5.32 Å². The number of amides is 1. The van der Waals surface area contributed by atoms with Crippen LogP contribution in [0.25, 0.3) is 0 Å². The Morgan fingerprint density at radius 2 is 2.19 bits per heavy atom. The van der Waals surface area contributed by atoms with E-state index in [-0.39, 0.29) is 31.2 Å². The summed E-state index contributed by atoms with van der Waals surface area (Å²) in [5.74, 6) is -1.35. The van der Waals surface area contributed by atoms with E-state index in [0.29, 0.717) is 0 Å². The van der Waals surface area contributed by atoms with Crippen LogP contribution in [0.15, 0.2) is 0 Å². The summed E-state index contributed by atoms with van der Waals surface area (Å²) in [7, 11) is -3.40. The SMILES string of the molecule is CC(CN)CS(=O)(=O)CC(=O)NCCC#N. The van der Waals surface area contributed by atoms with E-state index >= 15 is 0 Å². The number of carbonyl (C=O) groups is 1. The van der Waals surface area contributed by atoms with E-state index in [1.54, 1.807) is 6.92 Å². The zero-order valence-corrected chi connectivity index (χ0v) is 10.1. The van der Waals surface area contributed by atoms with Crippen LogP contribution in [0, 0.1) is 17.2 Å². The monoisotopic (exact) mass is 247 g/mol. The number of nitrogens with one attached hydrogen (secondary N) is 1. The van der Waals surface area contributed by atoms with Crippen LogP contribution < -0.4 is 11.1 Å². The number of nitriles is 1. The van der Waals surface area contributed by atoms with Crippen LogP contribution in [0.3, 0.4) is 0 Å². The lowest BCUT2D eigenvalue weighted by Crippen LogP contribution is -2.33. The van der Waals surface area contributed by atoms with Gasteiger partial charge in [0.1, 0.15) is 5.75 Å². The molecule has 0 saturated heterocycles. The summed E-state index contributed by atoms with van der Waals surface area (Å²) in [5, 5.41) is 10.6. The Balaban J connectivity index is 4.07. The highest BCUT2D eigenvalue weighted by molar-refractivity contribution is 7.92. The third-order valence-electron chi connectivity index (χ3n) is 1.85. The molecule has 0 aliphatic rings. The van der Waals surface area contributed by atoms with Crippen LogP contribution in [0.1, 0.15) is 13.3 Å². The van der Waals surface area contributed by atoms with E-state index in [1.165, 1.54) is 0 Å². The quantitative estimate of drug-likeness (QED) is 0.562. The number of rotatable bonds is 7. The molecule has 1 amide bonds. The summed E-state index contributed by atoms with van der Waals surface area (Å²) in [5.41, 5.74) is 5.31. The molecule has 0 fully saturated rings. The molecule has 0 saturated carbocycles. The molecule has 0 aromatic carbocycles.